The first-order valence-electron chi connectivity index (χ1n) is 5.96. The summed E-state index contributed by atoms with van der Waals surface area (Å²) in [5, 5.41) is 2.85. The van der Waals surface area contributed by atoms with Gasteiger partial charge in [0.2, 0.25) is 5.91 Å². The largest absolute Gasteiger partial charge is 0.357 e. The van der Waals surface area contributed by atoms with Crippen LogP contribution in [0.1, 0.15) is 23.7 Å². The minimum absolute atomic E-state index is 0.0283. The molecule has 1 fully saturated rings. The smallest absolute Gasteiger partial charge is 0.242 e. The third-order valence-corrected chi connectivity index (χ3v) is 3.64. The first kappa shape index (κ1) is 13.1. The van der Waals surface area contributed by atoms with Gasteiger partial charge in [-0.1, -0.05) is 22.9 Å². The first-order valence-corrected chi connectivity index (χ1v) is 6.75. The second-order valence-corrected chi connectivity index (χ2v) is 5.15. The topological polar surface area (TPSA) is 49.4 Å². The zero-order valence-electron chi connectivity index (χ0n) is 10.1. The minimum Gasteiger partial charge on any atom is -0.357 e. The number of rotatable bonds is 3. The molecule has 0 aliphatic carbocycles. The highest BCUT2D eigenvalue weighted by molar-refractivity contribution is 9.10. The van der Waals surface area contributed by atoms with Crippen molar-refractivity contribution >= 4 is 33.8 Å². The molecular formula is C13H15BrN2O2. The number of halogens is 1. The molecule has 1 aromatic carbocycles. The van der Waals surface area contributed by atoms with E-state index in [0.29, 0.717) is 12.1 Å². The van der Waals surface area contributed by atoms with Gasteiger partial charge in [-0.15, -0.1) is 0 Å². The Balaban J connectivity index is 2.42. The van der Waals surface area contributed by atoms with Crippen molar-refractivity contribution in [3.8, 4) is 0 Å². The van der Waals surface area contributed by atoms with Crippen LogP contribution in [0.3, 0.4) is 0 Å². The summed E-state index contributed by atoms with van der Waals surface area (Å²) in [4.78, 5) is 25.0. The van der Waals surface area contributed by atoms with E-state index in [1.807, 2.05) is 24.0 Å². The number of benzene rings is 1. The fraction of sp³-hybridized carbons (Fsp3) is 0.385. The number of piperazine rings is 1. The Bertz CT molecular complexity index is 476. The molecule has 0 radical (unpaired) electrons. The molecule has 5 heteroatoms. The van der Waals surface area contributed by atoms with Crippen molar-refractivity contribution in [1.29, 1.82) is 0 Å². The van der Waals surface area contributed by atoms with Gasteiger partial charge < -0.3 is 10.2 Å². The zero-order chi connectivity index (χ0) is 13.1. The monoisotopic (exact) mass is 310 g/mol. The van der Waals surface area contributed by atoms with Gasteiger partial charge in [0.25, 0.3) is 0 Å². The molecule has 1 heterocycles. The Morgan fingerprint density at radius 2 is 2.33 bits per heavy atom. The lowest BCUT2D eigenvalue weighted by Gasteiger charge is -2.37. The van der Waals surface area contributed by atoms with E-state index < -0.39 is 0 Å². The number of nitrogens with zero attached hydrogens (tertiary/aromatic N) is 1. The van der Waals surface area contributed by atoms with Gasteiger partial charge in [0.1, 0.15) is 6.04 Å². The average Bonchev–Trinajstić information content (AvgIpc) is 2.38. The highest BCUT2D eigenvalue weighted by Gasteiger charge is 2.29. The second kappa shape index (κ2) is 5.52. The molecule has 1 atom stereocenters. The minimum atomic E-state index is -0.202. The number of hydrogen-bond donors (Lipinski definition) is 1. The molecule has 1 N–H and O–H groups in total. The average molecular weight is 311 g/mol. The fourth-order valence-electron chi connectivity index (χ4n) is 2.27. The van der Waals surface area contributed by atoms with Crippen molar-refractivity contribution in [2.45, 2.75) is 19.4 Å². The van der Waals surface area contributed by atoms with Crippen LogP contribution in [0.4, 0.5) is 5.69 Å². The van der Waals surface area contributed by atoms with Crippen LogP contribution in [0.2, 0.25) is 0 Å². The number of hydrogen-bond acceptors (Lipinski definition) is 3. The molecule has 1 aliphatic heterocycles. The molecule has 0 spiro atoms. The summed E-state index contributed by atoms with van der Waals surface area (Å²) >= 11 is 3.41. The van der Waals surface area contributed by atoms with Gasteiger partial charge in [-0.25, -0.2) is 0 Å². The van der Waals surface area contributed by atoms with Crippen molar-refractivity contribution in [1.82, 2.24) is 5.32 Å². The highest BCUT2D eigenvalue weighted by Crippen LogP contribution is 2.27. The molecule has 2 rings (SSSR count). The molecule has 0 saturated carbocycles. The molecule has 0 bridgehead atoms. The molecule has 4 nitrogen and oxygen atoms in total. The van der Waals surface area contributed by atoms with Gasteiger partial charge in [0.05, 0.1) is 0 Å². The predicted molar refractivity (Wildman–Crippen MR) is 74.0 cm³/mol. The molecule has 18 heavy (non-hydrogen) atoms. The van der Waals surface area contributed by atoms with Crippen LogP contribution in [0.15, 0.2) is 22.7 Å². The summed E-state index contributed by atoms with van der Waals surface area (Å²) in [6.45, 7) is 3.31. The third-order valence-electron chi connectivity index (χ3n) is 3.15. The third kappa shape index (κ3) is 2.41. The number of nitrogens with one attached hydrogen (secondary N) is 1. The number of aldehydes is 1. The Morgan fingerprint density at radius 3 is 3.00 bits per heavy atom. The van der Waals surface area contributed by atoms with Gasteiger partial charge in [-0.3, -0.25) is 9.59 Å². The van der Waals surface area contributed by atoms with Crippen molar-refractivity contribution in [3.05, 3.63) is 28.2 Å². The van der Waals surface area contributed by atoms with Gasteiger partial charge in [0, 0.05) is 28.8 Å². The first-order chi connectivity index (χ1) is 8.67. The van der Waals surface area contributed by atoms with Crippen LogP contribution in [0, 0.1) is 0 Å². The van der Waals surface area contributed by atoms with E-state index in [2.05, 4.69) is 21.2 Å². The van der Waals surface area contributed by atoms with Crippen molar-refractivity contribution in [2.24, 2.45) is 0 Å². The number of amides is 1. The SMILES string of the molecule is CCC1C(=O)NCCN1c1cc(Br)ccc1C=O. The van der Waals surface area contributed by atoms with Crippen LogP contribution < -0.4 is 10.2 Å². The molecule has 96 valence electrons. The number of carbonyl (C=O) groups is 2. The maximum absolute atomic E-state index is 11.8. The summed E-state index contributed by atoms with van der Waals surface area (Å²) in [6, 6.07) is 5.29. The van der Waals surface area contributed by atoms with E-state index in [1.165, 1.54) is 0 Å². The fourth-order valence-corrected chi connectivity index (χ4v) is 2.62. The van der Waals surface area contributed by atoms with E-state index >= 15 is 0 Å². The molecule has 1 aliphatic rings. The highest BCUT2D eigenvalue weighted by atomic mass is 79.9. The maximum atomic E-state index is 11.8. The lowest BCUT2D eigenvalue weighted by Crippen LogP contribution is -2.55. The van der Waals surface area contributed by atoms with Crippen molar-refractivity contribution < 1.29 is 9.59 Å². The molecule has 1 unspecified atom stereocenters. The van der Waals surface area contributed by atoms with E-state index in [0.717, 1.165) is 29.4 Å². The van der Waals surface area contributed by atoms with E-state index in [4.69, 9.17) is 0 Å². The Kier molecular flexibility index (Phi) is 4.01. The van der Waals surface area contributed by atoms with E-state index in [9.17, 15) is 9.59 Å². The van der Waals surface area contributed by atoms with Crippen LogP contribution in [0.25, 0.3) is 0 Å². The van der Waals surface area contributed by atoms with Crippen molar-refractivity contribution in [3.63, 3.8) is 0 Å². The summed E-state index contributed by atoms with van der Waals surface area (Å²) in [5.41, 5.74) is 1.44. The summed E-state index contributed by atoms with van der Waals surface area (Å²) in [5.74, 6) is 0.0283. The summed E-state index contributed by atoms with van der Waals surface area (Å²) in [7, 11) is 0. The van der Waals surface area contributed by atoms with Gasteiger partial charge in [-0.2, -0.15) is 0 Å². The molecule has 1 aromatic rings. The van der Waals surface area contributed by atoms with E-state index in [1.54, 1.807) is 6.07 Å². The van der Waals surface area contributed by atoms with Crippen LogP contribution in [-0.4, -0.2) is 31.3 Å². The molecular weight excluding hydrogens is 296 g/mol. The Morgan fingerprint density at radius 1 is 1.56 bits per heavy atom. The molecule has 1 amide bonds. The number of carbonyl (C=O) groups excluding carboxylic acids is 2. The standard InChI is InChI=1S/C13H15BrN2O2/c1-2-11-13(18)15-5-6-16(11)12-7-10(14)4-3-9(12)8-17/h3-4,7-8,11H,2,5-6H2,1H3,(H,15,18). The second-order valence-electron chi connectivity index (χ2n) is 4.23. The maximum Gasteiger partial charge on any atom is 0.242 e. The lowest BCUT2D eigenvalue weighted by molar-refractivity contribution is -0.123. The lowest BCUT2D eigenvalue weighted by atomic mass is 10.1. The Hall–Kier alpha value is -1.36. The van der Waals surface area contributed by atoms with Gasteiger partial charge in [-0.05, 0) is 24.6 Å². The van der Waals surface area contributed by atoms with Gasteiger partial charge >= 0.3 is 0 Å². The summed E-state index contributed by atoms with van der Waals surface area (Å²) in [6.07, 6.45) is 1.55. The number of anilines is 1. The van der Waals surface area contributed by atoms with Crippen molar-refractivity contribution in [2.75, 3.05) is 18.0 Å². The predicted octanol–water partition coefficient (Wildman–Crippen LogP) is 1.98. The summed E-state index contributed by atoms with van der Waals surface area (Å²) < 4.78 is 0.906. The van der Waals surface area contributed by atoms with Gasteiger partial charge in [0.15, 0.2) is 6.29 Å². The van der Waals surface area contributed by atoms with Crippen LogP contribution in [0.5, 0.6) is 0 Å². The normalized spacial score (nSPS) is 19.6. The van der Waals surface area contributed by atoms with Crippen LogP contribution >= 0.6 is 15.9 Å². The quantitative estimate of drug-likeness (QED) is 0.869. The van der Waals surface area contributed by atoms with Crippen LogP contribution in [-0.2, 0) is 4.79 Å². The molecule has 1 saturated heterocycles. The zero-order valence-corrected chi connectivity index (χ0v) is 11.7. The Labute approximate surface area is 114 Å². The van der Waals surface area contributed by atoms with E-state index in [-0.39, 0.29) is 11.9 Å². The molecule has 0 aromatic heterocycles.